The summed E-state index contributed by atoms with van der Waals surface area (Å²) in [7, 11) is 0. The molecule has 1 aliphatic carbocycles. The Bertz CT molecular complexity index is 371. The Morgan fingerprint density at radius 2 is 2.40 bits per heavy atom. The smallest absolute Gasteiger partial charge is 0.288 e. The topological polar surface area (TPSA) is 117 Å². The zero-order valence-electron chi connectivity index (χ0n) is 8.16. The summed E-state index contributed by atoms with van der Waals surface area (Å²) >= 11 is 0. The van der Waals surface area contributed by atoms with Crippen molar-refractivity contribution < 1.29 is 9.90 Å². The van der Waals surface area contributed by atoms with E-state index in [1.165, 1.54) is 0 Å². The number of aliphatic hydroxyl groups is 1. The average Bonchev–Trinajstić information content (AvgIpc) is 2.90. The normalized spacial score (nSPS) is 17.4. The first kappa shape index (κ1) is 9.91. The van der Waals surface area contributed by atoms with Gasteiger partial charge in [0.05, 0.1) is 6.61 Å². The molecule has 0 aromatic carbocycles. The van der Waals surface area contributed by atoms with Crippen molar-refractivity contribution in [3.63, 3.8) is 0 Å². The molecule has 0 saturated heterocycles. The third-order valence-electron chi connectivity index (χ3n) is 2.63. The van der Waals surface area contributed by atoms with Crippen molar-refractivity contribution in [3.05, 3.63) is 5.82 Å². The molecule has 82 valence electrons. The van der Waals surface area contributed by atoms with Gasteiger partial charge in [0.1, 0.15) is 0 Å². The molecule has 2 rings (SSSR count). The summed E-state index contributed by atoms with van der Waals surface area (Å²) in [6.45, 7) is 0.564. The molecule has 15 heavy (non-hydrogen) atoms. The number of aromatic nitrogens is 3. The number of nitrogens with one attached hydrogen (secondary N) is 2. The largest absolute Gasteiger partial charge is 0.396 e. The number of carbonyl (C=O) groups excluding carboxylic acids is 1. The van der Waals surface area contributed by atoms with Gasteiger partial charge in [0.2, 0.25) is 11.8 Å². The summed E-state index contributed by atoms with van der Waals surface area (Å²) in [6.07, 6.45) is 1.89. The lowest BCUT2D eigenvalue weighted by atomic mass is 10.1. The Morgan fingerprint density at radius 1 is 1.67 bits per heavy atom. The lowest BCUT2D eigenvalue weighted by molar-refractivity contribution is 0.0925. The number of aliphatic hydroxyl groups excluding tert-OH is 1. The lowest BCUT2D eigenvalue weighted by Gasteiger charge is -2.11. The molecule has 1 aliphatic rings. The third kappa shape index (κ3) is 2.07. The third-order valence-corrected chi connectivity index (χ3v) is 2.63. The molecule has 1 fully saturated rings. The van der Waals surface area contributed by atoms with Crippen LogP contribution in [0.1, 0.15) is 23.5 Å². The summed E-state index contributed by atoms with van der Waals surface area (Å²) in [5, 5.41) is 17.7. The van der Waals surface area contributed by atoms with E-state index in [-0.39, 0.29) is 29.7 Å². The Hall–Kier alpha value is -1.63. The van der Waals surface area contributed by atoms with Gasteiger partial charge < -0.3 is 16.2 Å². The number of carbonyl (C=O) groups is 1. The van der Waals surface area contributed by atoms with E-state index in [2.05, 4.69) is 20.5 Å². The number of aromatic amines is 1. The van der Waals surface area contributed by atoms with Gasteiger partial charge in [0, 0.05) is 12.0 Å². The van der Waals surface area contributed by atoms with Gasteiger partial charge in [-0.25, -0.2) is 0 Å². The van der Waals surface area contributed by atoms with Gasteiger partial charge in [-0.05, 0) is 12.8 Å². The highest BCUT2D eigenvalue weighted by molar-refractivity contribution is 5.90. The molecule has 7 nitrogen and oxygen atoms in total. The van der Waals surface area contributed by atoms with Crippen LogP contribution in [0.2, 0.25) is 0 Å². The van der Waals surface area contributed by atoms with Gasteiger partial charge >= 0.3 is 0 Å². The molecule has 1 aromatic heterocycles. The average molecular weight is 211 g/mol. The van der Waals surface area contributed by atoms with Gasteiger partial charge in [-0.2, -0.15) is 4.98 Å². The number of H-pyrrole nitrogens is 1. The Labute approximate surface area is 86.1 Å². The first-order valence-electron chi connectivity index (χ1n) is 4.72. The van der Waals surface area contributed by atoms with Crippen LogP contribution < -0.4 is 11.1 Å². The highest BCUT2D eigenvalue weighted by Gasteiger charge is 2.42. The molecule has 1 heterocycles. The van der Waals surface area contributed by atoms with E-state index in [1.54, 1.807) is 0 Å². The van der Waals surface area contributed by atoms with Crippen molar-refractivity contribution in [2.75, 3.05) is 18.9 Å². The number of nitrogens with zero attached hydrogens (tertiary/aromatic N) is 2. The fraction of sp³-hybridized carbons (Fsp3) is 0.625. The number of nitrogens with two attached hydrogens (primary N) is 1. The minimum absolute atomic E-state index is 0.0449. The predicted octanol–water partition coefficient (Wildman–Crippen LogP) is -1.11. The molecule has 1 aromatic rings. The molecule has 7 heteroatoms. The van der Waals surface area contributed by atoms with E-state index in [9.17, 15) is 4.79 Å². The zero-order chi connectivity index (χ0) is 10.9. The molecule has 0 radical (unpaired) electrons. The fourth-order valence-corrected chi connectivity index (χ4v) is 1.30. The van der Waals surface area contributed by atoms with E-state index < -0.39 is 0 Å². The maximum absolute atomic E-state index is 11.5. The Balaban J connectivity index is 1.88. The molecular formula is C8H13N5O2. The number of nitrogen functional groups attached to an aromatic ring is 1. The number of amides is 1. The van der Waals surface area contributed by atoms with E-state index in [4.69, 9.17) is 10.8 Å². The maximum Gasteiger partial charge on any atom is 0.288 e. The van der Waals surface area contributed by atoms with Crippen molar-refractivity contribution in [1.82, 2.24) is 20.5 Å². The maximum atomic E-state index is 11.5. The van der Waals surface area contributed by atoms with E-state index in [0.717, 1.165) is 12.8 Å². The van der Waals surface area contributed by atoms with Crippen molar-refractivity contribution in [2.24, 2.45) is 5.41 Å². The molecule has 0 spiro atoms. The molecule has 0 aliphatic heterocycles. The van der Waals surface area contributed by atoms with Gasteiger partial charge in [-0.1, -0.05) is 0 Å². The molecule has 5 N–H and O–H groups in total. The number of rotatable bonds is 4. The first-order chi connectivity index (χ1) is 7.15. The van der Waals surface area contributed by atoms with Crippen molar-refractivity contribution in [2.45, 2.75) is 12.8 Å². The standard InChI is InChI=1S/C8H13N5O2/c9-7-11-5(12-13-7)6(15)10-3-8(4-14)1-2-8/h14H,1-4H2,(H,10,15)(H3,9,11,12,13). The van der Waals surface area contributed by atoms with Crippen LogP contribution in [0.5, 0.6) is 0 Å². The van der Waals surface area contributed by atoms with Crippen LogP contribution in [0.15, 0.2) is 0 Å². The lowest BCUT2D eigenvalue weighted by Crippen LogP contribution is -2.32. The zero-order valence-corrected chi connectivity index (χ0v) is 8.16. The van der Waals surface area contributed by atoms with Crippen molar-refractivity contribution in [3.8, 4) is 0 Å². The van der Waals surface area contributed by atoms with Crippen LogP contribution in [0.3, 0.4) is 0 Å². The number of hydrogen-bond acceptors (Lipinski definition) is 5. The summed E-state index contributed by atoms with van der Waals surface area (Å²) in [5.74, 6) is -0.205. The van der Waals surface area contributed by atoms with E-state index >= 15 is 0 Å². The highest BCUT2D eigenvalue weighted by Crippen LogP contribution is 2.44. The second-order valence-electron chi connectivity index (χ2n) is 3.88. The minimum Gasteiger partial charge on any atom is -0.396 e. The summed E-state index contributed by atoms with van der Waals surface area (Å²) < 4.78 is 0. The SMILES string of the molecule is Nc1n[nH]c(C(=O)NCC2(CO)CC2)n1. The van der Waals surface area contributed by atoms with Crippen molar-refractivity contribution in [1.29, 1.82) is 0 Å². The molecule has 0 unspecified atom stereocenters. The van der Waals surface area contributed by atoms with Gasteiger partial charge in [-0.15, -0.1) is 5.10 Å². The first-order valence-corrected chi connectivity index (χ1v) is 4.72. The molecule has 0 atom stereocenters. The van der Waals surface area contributed by atoms with Gasteiger partial charge in [-0.3, -0.25) is 9.89 Å². The van der Waals surface area contributed by atoms with Crippen LogP contribution in [-0.4, -0.2) is 39.3 Å². The molecule has 1 saturated carbocycles. The van der Waals surface area contributed by atoms with Crippen LogP contribution in [-0.2, 0) is 0 Å². The molecule has 0 bridgehead atoms. The van der Waals surface area contributed by atoms with E-state index in [0.29, 0.717) is 6.54 Å². The van der Waals surface area contributed by atoms with Gasteiger partial charge in [0.25, 0.3) is 5.91 Å². The van der Waals surface area contributed by atoms with Crippen molar-refractivity contribution >= 4 is 11.9 Å². The quantitative estimate of drug-likeness (QED) is 0.503. The van der Waals surface area contributed by atoms with Crippen LogP contribution >= 0.6 is 0 Å². The summed E-state index contributed by atoms with van der Waals surface area (Å²) in [5.41, 5.74) is 5.15. The van der Waals surface area contributed by atoms with Gasteiger partial charge in [0.15, 0.2) is 0 Å². The van der Waals surface area contributed by atoms with E-state index in [1.807, 2.05) is 0 Å². The Morgan fingerprint density at radius 3 is 2.87 bits per heavy atom. The second kappa shape index (κ2) is 3.50. The monoisotopic (exact) mass is 211 g/mol. The molecule has 1 amide bonds. The fourth-order valence-electron chi connectivity index (χ4n) is 1.30. The Kier molecular flexibility index (Phi) is 2.31. The van der Waals surface area contributed by atoms with Crippen LogP contribution in [0, 0.1) is 5.41 Å². The molecular weight excluding hydrogens is 198 g/mol. The minimum atomic E-state index is -0.348. The van der Waals surface area contributed by atoms with Crippen LogP contribution in [0.4, 0.5) is 5.95 Å². The number of hydrogen-bond donors (Lipinski definition) is 4. The summed E-state index contributed by atoms with van der Waals surface area (Å²) in [6, 6.07) is 0. The van der Waals surface area contributed by atoms with Crippen LogP contribution in [0.25, 0.3) is 0 Å². The predicted molar refractivity (Wildman–Crippen MR) is 51.9 cm³/mol. The number of anilines is 1. The highest BCUT2D eigenvalue weighted by atomic mass is 16.3. The summed E-state index contributed by atoms with van der Waals surface area (Å²) in [4.78, 5) is 15.2. The second-order valence-corrected chi connectivity index (χ2v) is 3.88.